The fourth-order valence-electron chi connectivity index (χ4n) is 2.47. The summed E-state index contributed by atoms with van der Waals surface area (Å²) in [5, 5.41) is 7.42. The van der Waals surface area contributed by atoms with Crippen molar-refractivity contribution < 1.29 is 13.2 Å². The molecule has 1 aromatic heterocycles. The van der Waals surface area contributed by atoms with Crippen LogP contribution in [0.3, 0.4) is 0 Å². The predicted molar refractivity (Wildman–Crippen MR) is 111 cm³/mol. The lowest BCUT2D eigenvalue weighted by molar-refractivity contribution is -0.137. The Morgan fingerprint density at radius 1 is 1.26 bits per heavy atom. The first-order valence-corrected chi connectivity index (χ1v) is 8.44. The van der Waals surface area contributed by atoms with Crippen molar-refractivity contribution in [2.75, 3.05) is 20.1 Å². The first-order valence-electron chi connectivity index (χ1n) is 8.44. The second kappa shape index (κ2) is 10.5. The van der Waals surface area contributed by atoms with E-state index >= 15 is 0 Å². The lowest BCUT2D eigenvalue weighted by atomic mass is 10.1. The number of benzene rings is 1. The number of rotatable bonds is 6. The minimum atomic E-state index is -4.31. The number of hydrogen-bond acceptors (Lipinski definition) is 2. The van der Waals surface area contributed by atoms with Gasteiger partial charge in [-0.3, -0.25) is 9.67 Å². The van der Waals surface area contributed by atoms with Gasteiger partial charge in [0.15, 0.2) is 5.96 Å². The molecular formula is C18H25F3IN5. The molecule has 0 spiro atoms. The predicted octanol–water partition coefficient (Wildman–Crippen LogP) is 3.93. The molecule has 0 aliphatic heterocycles. The first kappa shape index (κ1) is 23.3. The highest BCUT2D eigenvalue weighted by Gasteiger charge is 2.29. The van der Waals surface area contributed by atoms with Crippen molar-refractivity contribution in [3.05, 3.63) is 53.3 Å². The van der Waals surface area contributed by atoms with Crippen molar-refractivity contribution in [3.8, 4) is 0 Å². The molecular weight excluding hydrogens is 470 g/mol. The summed E-state index contributed by atoms with van der Waals surface area (Å²) in [4.78, 5) is 6.45. The highest BCUT2D eigenvalue weighted by atomic mass is 127. The third-order valence-electron chi connectivity index (χ3n) is 3.75. The molecule has 9 heteroatoms. The van der Waals surface area contributed by atoms with Crippen LogP contribution in [0.1, 0.15) is 23.6 Å². The average molecular weight is 495 g/mol. The largest absolute Gasteiger partial charge is 0.416 e. The second-order valence-corrected chi connectivity index (χ2v) is 6.07. The van der Waals surface area contributed by atoms with Crippen LogP contribution in [0.25, 0.3) is 0 Å². The van der Waals surface area contributed by atoms with E-state index in [1.807, 2.05) is 36.7 Å². The van der Waals surface area contributed by atoms with Crippen LogP contribution < -0.4 is 5.32 Å². The van der Waals surface area contributed by atoms with E-state index in [0.717, 1.165) is 23.3 Å². The molecule has 0 aliphatic carbocycles. The lowest BCUT2D eigenvalue weighted by Crippen LogP contribution is -2.38. The number of aliphatic imine (C=N–C) groups is 1. The van der Waals surface area contributed by atoms with Gasteiger partial charge in [-0.2, -0.15) is 18.3 Å². The number of aromatic nitrogens is 2. The van der Waals surface area contributed by atoms with E-state index in [1.165, 1.54) is 12.1 Å². The number of nitrogens with zero attached hydrogens (tertiary/aromatic N) is 4. The molecule has 2 aromatic rings. The van der Waals surface area contributed by atoms with E-state index in [9.17, 15) is 13.2 Å². The zero-order valence-corrected chi connectivity index (χ0v) is 18.0. The van der Waals surface area contributed by atoms with Crippen molar-refractivity contribution in [2.24, 2.45) is 4.99 Å². The Morgan fingerprint density at radius 2 is 1.93 bits per heavy atom. The highest BCUT2D eigenvalue weighted by molar-refractivity contribution is 14.0. The van der Waals surface area contributed by atoms with Crippen molar-refractivity contribution >= 4 is 29.9 Å². The van der Waals surface area contributed by atoms with Crippen LogP contribution in [0.15, 0.2) is 41.7 Å². The summed E-state index contributed by atoms with van der Waals surface area (Å²) in [6.07, 6.45) is -0.564. The van der Waals surface area contributed by atoms with Crippen molar-refractivity contribution in [3.63, 3.8) is 0 Å². The molecule has 150 valence electrons. The molecule has 0 saturated carbocycles. The number of aryl methyl sites for hydroxylation is 1. The number of guanidine groups is 1. The quantitative estimate of drug-likeness (QED) is 0.376. The Labute approximate surface area is 174 Å². The fraction of sp³-hybridized carbons (Fsp3) is 0.444. The van der Waals surface area contributed by atoms with E-state index in [-0.39, 0.29) is 24.0 Å². The topological polar surface area (TPSA) is 45.5 Å². The van der Waals surface area contributed by atoms with Crippen LogP contribution in [0, 0.1) is 6.92 Å². The molecule has 1 aromatic carbocycles. The van der Waals surface area contributed by atoms with Crippen molar-refractivity contribution in [2.45, 2.75) is 33.1 Å². The van der Waals surface area contributed by atoms with Gasteiger partial charge in [-0.1, -0.05) is 12.1 Å². The van der Waals surface area contributed by atoms with E-state index in [4.69, 9.17) is 0 Å². The van der Waals surface area contributed by atoms with Gasteiger partial charge in [-0.25, -0.2) is 0 Å². The Balaban J connectivity index is 0.00000364. The Morgan fingerprint density at radius 3 is 2.44 bits per heavy atom. The minimum absolute atomic E-state index is 0. The standard InChI is InChI=1S/C18H24F3N5.HI/c1-4-22-17(23-9-10-26-12-14(2)11-24-26)25(3)13-15-5-7-16(8-6-15)18(19,20)21;/h5-8,11-12H,4,9-10,13H2,1-3H3,(H,22,23);1H. The third kappa shape index (κ3) is 7.39. The fourth-order valence-corrected chi connectivity index (χ4v) is 2.47. The van der Waals surface area contributed by atoms with E-state index < -0.39 is 11.7 Å². The molecule has 2 rings (SSSR count). The maximum atomic E-state index is 12.6. The van der Waals surface area contributed by atoms with Gasteiger partial charge < -0.3 is 10.2 Å². The maximum Gasteiger partial charge on any atom is 0.416 e. The van der Waals surface area contributed by atoms with Gasteiger partial charge in [0.2, 0.25) is 0 Å². The summed E-state index contributed by atoms with van der Waals surface area (Å²) < 4.78 is 39.8. The van der Waals surface area contributed by atoms with E-state index in [2.05, 4.69) is 15.4 Å². The molecule has 0 fully saturated rings. The zero-order valence-electron chi connectivity index (χ0n) is 15.6. The molecule has 0 amide bonds. The molecule has 0 unspecified atom stereocenters. The van der Waals surface area contributed by atoms with Crippen molar-refractivity contribution in [1.29, 1.82) is 0 Å². The van der Waals surface area contributed by atoms with Gasteiger partial charge in [0.05, 0.1) is 24.8 Å². The summed E-state index contributed by atoms with van der Waals surface area (Å²) in [6.45, 7) is 6.34. The summed E-state index contributed by atoms with van der Waals surface area (Å²) in [5.41, 5.74) is 1.24. The monoisotopic (exact) mass is 495 g/mol. The summed E-state index contributed by atoms with van der Waals surface area (Å²) in [5.74, 6) is 0.705. The Bertz CT molecular complexity index is 725. The summed E-state index contributed by atoms with van der Waals surface area (Å²) in [6, 6.07) is 5.20. The first-order chi connectivity index (χ1) is 12.3. The molecule has 0 atom stereocenters. The van der Waals surface area contributed by atoms with Crippen LogP contribution in [0.2, 0.25) is 0 Å². The number of hydrogen-bond donors (Lipinski definition) is 1. The van der Waals surface area contributed by atoms with Crippen LogP contribution in [-0.2, 0) is 19.3 Å². The van der Waals surface area contributed by atoms with Gasteiger partial charge in [-0.15, -0.1) is 24.0 Å². The molecule has 1 N–H and O–H groups in total. The molecule has 0 aliphatic rings. The van der Waals surface area contributed by atoms with Crippen LogP contribution in [0.4, 0.5) is 13.2 Å². The van der Waals surface area contributed by atoms with Crippen LogP contribution in [-0.4, -0.2) is 40.8 Å². The zero-order chi connectivity index (χ0) is 19.2. The Kier molecular flexibility index (Phi) is 9.07. The highest BCUT2D eigenvalue weighted by Crippen LogP contribution is 2.29. The molecule has 5 nitrogen and oxygen atoms in total. The summed E-state index contributed by atoms with van der Waals surface area (Å²) >= 11 is 0. The average Bonchev–Trinajstić information content (AvgIpc) is 2.99. The van der Waals surface area contributed by atoms with E-state index in [1.54, 1.807) is 6.20 Å². The minimum Gasteiger partial charge on any atom is -0.357 e. The maximum absolute atomic E-state index is 12.6. The number of nitrogens with one attached hydrogen (secondary N) is 1. The molecule has 0 radical (unpaired) electrons. The van der Waals surface area contributed by atoms with Gasteiger partial charge in [0, 0.05) is 26.3 Å². The van der Waals surface area contributed by atoms with Crippen LogP contribution >= 0.6 is 24.0 Å². The molecule has 0 bridgehead atoms. The second-order valence-electron chi connectivity index (χ2n) is 6.07. The van der Waals surface area contributed by atoms with E-state index in [0.29, 0.717) is 32.1 Å². The normalized spacial score (nSPS) is 11.9. The van der Waals surface area contributed by atoms with Gasteiger partial charge in [-0.05, 0) is 37.1 Å². The van der Waals surface area contributed by atoms with Crippen LogP contribution in [0.5, 0.6) is 0 Å². The van der Waals surface area contributed by atoms with Gasteiger partial charge in [0.25, 0.3) is 0 Å². The SMILES string of the molecule is CCNC(=NCCn1cc(C)cn1)N(C)Cc1ccc(C(F)(F)F)cc1.I. The molecule has 1 heterocycles. The summed E-state index contributed by atoms with van der Waals surface area (Å²) in [7, 11) is 1.86. The van der Waals surface area contributed by atoms with Crippen molar-refractivity contribution in [1.82, 2.24) is 20.0 Å². The van der Waals surface area contributed by atoms with Gasteiger partial charge in [0.1, 0.15) is 0 Å². The molecule has 27 heavy (non-hydrogen) atoms. The Hall–Kier alpha value is -1.78. The number of halogens is 4. The smallest absolute Gasteiger partial charge is 0.357 e. The van der Waals surface area contributed by atoms with Gasteiger partial charge >= 0.3 is 6.18 Å². The lowest BCUT2D eigenvalue weighted by Gasteiger charge is -2.22. The molecule has 0 saturated heterocycles. The number of alkyl halides is 3. The third-order valence-corrected chi connectivity index (χ3v) is 3.75.